The molecule has 0 aliphatic rings. The van der Waals surface area contributed by atoms with Gasteiger partial charge in [-0.25, -0.2) is 18.1 Å². The maximum atomic E-state index is 11.3. The molecule has 2 N–H and O–H groups in total. The molecule has 1 heterocycles. The minimum Gasteiger partial charge on any atom is -0.357 e. The van der Waals surface area contributed by atoms with Gasteiger partial charge in [0.05, 0.1) is 24.2 Å². The Balaban J connectivity index is 0.00000392. The summed E-state index contributed by atoms with van der Waals surface area (Å²) in [6, 6.07) is 7.44. The Morgan fingerprint density at radius 3 is 2.61 bits per heavy atom. The summed E-state index contributed by atoms with van der Waals surface area (Å²) in [5.41, 5.74) is 1.89. The van der Waals surface area contributed by atoms with Crippen molar-refractivity contribution in [3.05, 3.63) is 47.2 Å². The first-order valence-corrected chi connectivity index (χ1v) is 11.2. The minimum absolute atomic E-state index is 0. The number of benzene rings is 1. The molecular formula is C18H27ClIN5O2S. The summed E-state index contributed by atoms with van der Waals surface area (Å²) in [5.74, 6) is 0.798. The second-order valence-electron chi connectivity index (χ2n) is 6.43. The third kappa shape index (κ3) is 8.78. The third-order valence-corrected chi connectivity index (χ3v) is 5.03. The van der Waals surface area contributed by atoms with Gasteiger partial charge in [-0.2, -0.15) is 5.10 Å². The Morgan fingerprint density at radius 2 is 2.00 bits per heavy atom. The SMILES string of the molecule is CCNC(=NCc1cnn(-c2ccc(Cl)cc2)c1)NC(C)CCS(C)(=O)=O.I. The van der Waals surface area contributed by atoms with Gasteiger partial charge in [0.25, 0.3) is 0 Å². The summed E-state index contributed by atoms with van der Waals surface area (Å²) in [5, 5.41) is 11.4. The van der Waals surface area contributed by atoms with Crippen molar-refractivity contribution in [1.82, 2.24) is 20.4 Å². The van der Waals surface area contributed by atoms with E-state index in [0.29, 0.717) is 30.5 Å². The number of nitrogens with zero attached hydrogens (tertiary/aromatic N) is 3. The molecular weight excluding hydrogens is 513 g/mol. The molecule has 1 aromatic carbocycles. The van der Waals surface area contributed by atoms with Gasteiger partial charge in [-0.3, -0.25) is 0 Å². The van der Waals surface area contributed by atoms with Crippen molar-refractivity contribution in [3.63, 3.8) is 0 Å². The Morgan fingerprint density at radius 1 is 1.32 bits per heavy atom. The summed E-state index contributed by atoms with van der Waals surface area (Å²) in [4.78, 5) is 4.56. The van der Waals surface area contributed by atoms with Gasteiger partial charge >= 0.3 is 0 Å². The van der Waals surface area contributed by atoms with Crippen LogP contribution in [-0.4, -0.2) is 48.8 Å². The number of halogens is 2. The van der Waals surface area contributed by atoms with Crippen molar-refractivity contribution in [2.45, 2.75) is 32.9 Å². The zero-order valence-corrected chi connectivity index (χ0v) is 20.1. The van der Waals surface area contributed by atoms with E-state index < -0.39 is 9.84 Å². The monoisotopic (exact) mass is 539 g/mol. The highest BCUT2D eigenvalue weighted by molar-refractivity contribution is 14.0. The maximum absolute atomic E-state index is 11.3. The Kier molecular flexibility index (Phi) is 10.3. The molecule has 2 rings (SSSR count). The molecule has 1 atom stereocenters. The highest BCUT2D eigenvalue weighted by atomic mass is 127. The largest absolute Gasteiger partial charge is 0.357 e. The van der Waals surface area contributed by atoms with E-state index in [2.05, 4.69) is 20.7 Å². The van der Waals surface area contributed by atoms with Crippen molar-refractivity contribution in [3.8, 4) is 5.69 Å². The van der Waals surface area contributed by atoms with Crippen LogP contribution in [0, 0.1) is 0 Å². The molecule has 0 saturated heterocycles. The lowest BCUT2D eigenvalue weighted by Gasteiger charge is -2.17. The van der Waals surface area contributed by atoms with Crippen molar-refractivity contribution in [2.24, 2.45) is 4.99 Å². The zero-order chi connectivity index (χ0) is 19.9. The molecule has 28 heavy (non-hydrogen) atoms. The van der Waals surface area contributed by atoms with Crippen LogP contribution >= 0.6 is 35.6 Å². The number of rotatable bonds is 8. The van der Waals surface area contributed by atoms with Gasteiger partial charge in [-0.15, -0.1) is 24.0 Å². The fraction of sp³-hybridized carbons (Fsp3) is 0.444. The lowest BCUT2D eigenvalue weighted by atomic mass is 10.3. The van der Waals surface area contributed by atoms with Crippen molar-refractivity contribution >= 4 is 51.4 Å². The Bertz CT molecular complexity index is 868. The van der Waals surface area contributed by atoms with E-state index >= 15 is 0 Å². The number of nitrogens with one attached hydrogen (secondary N) is 2. The van der Waals surface area contributed by atoms with E-state index in [1.165, 1.54) is 6.26 Å². The number of aromatic nitrogens is 2. The maximum Gasteiger partial charge on any atom is 0.191 e. The van der Waals surface area contributed by atoms with Crippen LogP contribution in [0.1, 0.15) is 25.8 Å². The lowest BCUT2D eigenvalue weighted by Crippen LogP contribution is -2.42. The molecule has 10 heteroatoms. The number of hydrogen-bond acceptors (Lipinski definition) is 4. The number of sulfone groups is 1. The van der Waals surface area contributed by atoms with E-state index in [0.717, 1.165) is 11.3 Å². The Hall–Kier alpha value is -1.33. The topological polar surface area (TPSA) is 88.4 Å². The molecule has 1 aromatic heterocycles. The van der Waals surface area contributed by atoms with Gasteiger partial charge in [0.2, 0.25) is 0 Å². The van der Waals surface area contributed by atoms with Gasteiger partial charge in [-0.1, -0.05) is 11.6 Å². The number of aliphatic imine (C=N–C) groups is 1. The van der Waals surface area contributed by atoms with Crippen LogP contribution in [0.2, 0.25) is 5.02 Å². The Labute approximate surface area is 188 Å². The summed E-state index contributed by atoms with van der Waals surface area (Å²) in [7, 11) is -2.97. The van der Waals surface area contributed by atoms with Gasteiger partial charge in [0.15, 0.2) is 5.96 Å². The fourth-order valence-corrected chi connectivity index (χ4v) is 3.27. The van der Waals surface area contributed by atoms with E-state index in [-0.39, 0.29) is 35.8 Å². The zero-order valence-electron chi connectivity index (χ0n) is 16.2. The molecule has 0 fully saturated rings. The van der Waals surface area contributed by atoms with Crippen LogP contribution in [0.25, 0.3) is 5.69 Å². The molecule has 1 unspecified atom stereocenters. The quantitative estimate of drug-likeness (QED) is 0.306. The molecule has 7 nitrogen and oxygen atoms in total. The molecule has 0 amide bonds. The molecule has 0 saturated carbocycles. The molecule has 0 aliphatic carbocycles. The normalized spacial score (nSPS) is 12.9. The highest BCUT2D eigenvalue weighted by Crippen LogP contribution is 2.13. The molecule has 2 aromatic rings. The van der Waals surface area contributed by atoms with Crippen LogP contribution < -0.4 is 10.6 Å². The summed E-state index contributed by atoms with van der Waals surface area (Å²) in [6.07, 6.45) is 5.47. The van der Waals surface area contributed by atoms with Gasteiger partial charge < -0.3 is 10.6 Å². The van der Waals surface area contributed by atoms with Crippen LogP contribution in [-0.2, 0) is 16.4 Å². The first kappa shape index (κ1) is 24.7. The number of hydrogen-bond donors (Lipinski definition) is 2. The van der Waals surface area contributed by atoms with Crippen LogP contribution in [0.4, 0.5) is 0 Å². The molecule has 0 spiro atoms. The molecule has 156 valence electrons. The van der Waals surface area contributed by atoms with E-state index in [4.69, 9.17) is 11.6 Å². The van der Waals surface area contributed by atoms with E-state index in [1.54, 1.807) is 10.9 Å². The fourth-order valence-electron chi connectivity index (χ4n) is 2.36. The van der Waals surface area contributed by atoms with Gasteiger partial charge in [0, 0.05) is 35.6 Å². The first-order valence-electron chi connectivity index (χ1n) is 8.79. The summed E-state index contributed by atoms with van der Waals surface area (Å²) in [6.45, 7) is 5.10. The smallest absolute Gasteiger partial charge is 0.191 e. The predicted octanol–water partition coefficient (Wildman–Crippen LogP) is 3.02. The second-order valence-corrected chi connectivity index (χ2v) is 9.12. The standard InChI is InChI=1S/C18H26ClN5O2S.HI/c1-4-20-18(23-14(2)9-10-27(3,25)26)21-11-15-12-22-24(13-15)17-7-5-16(19)6-8-17;/h5-8,12-14H,4,9-11H2,1-3H3,(H2,20,21,23);1H. The first-order chi connectivity index (χ1) is 12.8. The van der Waals surface area contributed by atoms with Crippen molar-refractivity contribution in [1.29, 1.82) is 0 Å². The highest BCUT2D eigenvalue weighted by Gasteiger charge is 2.09. The van der Waals surface area contributed by atoms with Gasteiger partial charge in [0.1, 0.15) is 9.84 Å². The molecule has 0 bridgehead atoms. The van der Waals surface area contributed by atoms with Crippen molar-refractivity contribution in [2.75, 3.05) is 18.6 Å². The third-order valence-electron chi connectivity index (χ3n) is 3.80. The van der Waals surface area contributed by atoms with E-state index in [1.807, 2.05) is 44.3 Å². The van der Waals surface area contributed by atoms with Gasteiger partial charge in [-0.05, 0) is 44.5 Å². The second kappa shape index (κ2) is 11.6. The van der Waals surface area contributed by atoms with Crippen LogP contribution in [0.3, 0.4) is 0 Å². The summed E-state index contributed by atoms with van der Waals surface area (Å²) < 4.78 is 24.4. The summed E-state index contributed by atoms with van der Waals surface area (Å²) >= 11 is 5.91. The minimum atomic E-state index is -2.97. The lowest BCUT2D eigenvalue weighted by molar-refractivity contribution is 0.581. The predicted molar refractivity (Wildman–Crippen MR) is 126 cm³/mol. The van der Waals surface area contributed by atoms with Crippen LogP contribution in [0.5, 0.6) is 0 Å². The van der Waals surface area contributed by atoms with Crippen molar-refractivity contribution < 1.29 is 8.42 Å². The average Bonchev–Trinajstić information content (AvgIpc) is 3.07. The van der Waals surface area contributed by atoms with E-state index in [9.17, 15) is 8.42 Å². The molecule has 0 aliphatic heterocycles. The average molecular weight is 540 g/mol. The molecule has 0 radical (unpaired) electrons. The number of guanidine groups is 1. The van der Waals surface area contributed by atoms with Crippen LogP contribution in [0.15, 0.2) is 41.7 Å².